The van der Waals surface area contributed by atoms with E-state index in [1.54, 1.807) is 0 Å². The molecule has 2 atom stereocenters. The van der Waals surface area contributed by atoms with E-state index in [0.717, 1.165) is 66.7 Å². The average molecular weight is 577 g/mol. The quantitative estimate of drug-likeness (QED) is 0.344. The van der Waals surface area contributed by atoms with Crippen molar-refractivity contribution in [1.82, 2.24) is 9.78 Å². The highest BCUT2D eigenvalue weighted by molar-refractivity contribution is 7.91. The van der Waals surface area contributed by atoms with Gasteiger partial charge in [-0.15, -0.1) is 0 Å². The Morgan fingerprint density at radius 1 is 1.00 bits per heavy atom. The molecule has 2 heterocycles. The molecule has 7 nitrogen and oxygen atoms in total. The van der Waals surface area contributed by atoms with Crippen molar-refractivity contribution in [3.05, 3.63) is 65.4 Å². The number of rotatable bonds is 7. The lowest BCUT2D eigenvalue weighted by Crippen LogP contribution is -2.40. The van der Waals surface area contributed by atoms with E-state index in [0.29, 0.717) is 24.5 Å². The Hall–Kier alpha value is -3.15. The van der Waals surface area contributed by atoms with Gasteiger partial charge in [0, 0.05) is 53.8 Å². The summed E-state index contributed by atoms with van der Waals surface area (Å²) in [6.45, 7) is 0.995. The maximum atomic E-state index is 13.6. The third kappa shape index (κ3) is 5.55. The zero-order valence-electron chi connectivity index (χ0n) is 22.4. The number of halogens is 1. The van der Waals surface area contributed by atoms with Crippen LogP contribution >= 0.6 is 11.6 Å². The first-order chi connectivity index (χ1) is 19.3. The molecule has 3 aliphatic rings. The molecule has 208 valence electrons. The van der Waals surface area contributed by atoms with E-state index in [-0.39, 0.29) is 29.1 Å². The predicted octanol–water partition coefficient (Wildman–Crippen LogP) is 5.96. The van der Waals surface area contributed by atoms with Gasteiger partial charge >= 0.3 is 0 Å². The highest BCUT2D eigenvalue weighted by Crippen LogP contribution is 2.51. The molecule has 0 spiro atoms. The second-order valence-electron chi connectivity index (χ2n) is 11.6. The van der Waals surface area contributed by atoms with E-state index < -0.39 is 15.3 Å². The largest absolute Gasteiger partial charge is 0.369 e. The first-order valence-corrected chi connectivity index (χ1v) is 16.3. The molecule has 0 unspecified atom stereocenters. The number of hydrogen-bond acceptors (Lipinski definition) is 6. The van der Waals surface area contributed by atoms with Crippen LogP contribution in [0.3, 0.4) is 0 Å². The number of Topliss-reactive ketones (excluding diaryl/α,β-unsaturated/α-hetero) is 1. The lowest BCUT2D eigenvalue weighted by Gasteiger charge is -2.31. The van der Waals surface area contributed by atoms with Gasteiger partial charge < -0.3 is 4.90 Å². The van der Waals surface area contributed by atoms with Gasteiger partial charge in [0.2, 0.25) is 0 Å². The van der Waals surface area contributed by atoms with Crippen molar-refractivity contribution in [3.8, 4) is 22.9 Å². The summed E-state index contributed by atoms with van der Waals surface area (Å²) in [5, 5.41) is 15.3. The van der Waals surface area contributed by atoms with Crippen molar-refractivity contribution in [3.63, 3.8) is 0 Å². The van der Waals surface area contributed by atoms with Crippen molar-refractivity contribution < 1.29 is 13.2 Å². The Morgan fingerprint density at radius 2 is 1.65 bits per heavy atom. The fourth-order valence-electron chi connectivity index (χ4n) is 6.22. The maximum absolute atomic E-state index is 13.6. The van der Waals surface area contributed by atoms with Crippen LogP contribution in [-0.4, -0.2) is 48.6 Å². The average Bonchev–Trinajstić information content (AvgIpc) is 3.60. The van der Waals surface area contributed by atoms with Gasteiger partial charge in [0.05, 0.1) is 34.4 Å². The molecule has 6 rings (SSSR count). The Labute approximate surface area is 240 Å². The number of sulfone groups is 1. The number of hydrogen-bond donors (Lipinski definition) is 0. The van der Waals surface area contributed by atoms with Crippen LogP contribution in [-0.2, 0) is 14.6 Å². The van der Waals surface area contributed by atoms with Crippen LogP contribution in [0, 0.1) is 22.7 Å². The number of ketones is 1. The standard InChI is InChI=1S/C31H33ClN4O3S/c32-23-7-11-25(12-8-23)36-20-28(22-5-9-24(10-6-22)35-15-17-40(38,39)18-16-35)30(34-36)27-4-2-1-3-26(27)29(37)19-31(21-33)13-14-31/h5-12,20,26-27H,1-4,13-19H2/t26-,27-/m1/s1. The molecule has 40 heavy (non-hydrogen) atoms. The van der Waals surface area contributed by atoms with Crippen molar-refractivity contribution >= 4 is 32.9 Å². The summed E-state index contributed by atoms with van der Waals surface area (Å²) in [7, 11) is -2.95. The fraction of sp³-hybridized carbons (Fsp3) is 0.452. The molecule has 2 aliphatic carbocycles. The van der Waals surface area contributed by atoms with Gasteiger partial charge in [-0.05, 0) is 67.6 Å². The van der Waals surface area contributed by atoms with Crippen LogP contribution in [0.2, 0.25) is 5.02 Å². The molecule has 0 radical (unpaired) electrons. The second-order valence-corrected chi connectivity index (χ2v) is 14.3. The lowest BCUT2D eigenvalue weighted by molar-refractivity contribution is -0.125. The Morgan fingerprint density at radius 3 is 2.30 bits per heavy atom. The van der Waals surface area contributed by atoms with Crippen molar-refractivity contribution in [2.75, 3.05) is 29.5 Å². The summed E-state index contributed by atoms with van der Waals surface area (Å²) in [6.07, 6.45) is 7.79. The zero-order valence-corrected chi connectivity index (χ0v) is 24.0. The van der Waals surface area contributed by atoms with E-state index in [1.807, 2.05) is 47.3 Å². The molecule has 1 aromatic heterocycles. The molecule has 0 amide bonds. The first kappa shape index (κ1) is 27.0. The molecule has 1 aliphatic heterocycles. The van der Waals surface area contributed by atoms with Crippen molar-refractivity contribution in [2.45, 2.75) is 50.9 Å². The fourth-order valence-corrected chi connectivity index (χ4v) is 7.55. The number of benzene rings is 2. The zero-order chi connectivity index (χ0) is 27.9. The van der Waals surface area contributed by atoms with Crippen LogP contribution in [0.4, 0.5) is 5.69 Å². The Balaban J connectivity index is 1.35. The Kier molecular flexibility index (Phi) is 7.22. The van der Waals surface area contributed by atoms with Crippen LogP contribution in [0.15, 0.2) is 54.7 Å². The SMILES string of the molecule is N#CC1(CC(=O)[C@@H]2CCCC[C@H]2c2nn(-c3ccc(Cl)cc3)cc2-c2ccc(N3CCS(=O)(=O)CC3)cc2)CC1. The number of carbonyl (C=O) groups excluding carboxylic acids is 1. The third-order valence-corrected chi connectivity index (χ3v) is 10.7. The highest BCUT2D eigenvalue weighted by Gasteiger charge is 2.47. The second kappa shape index (κ2) is 10.7. The van der Waals surface area contributed by atoms with Gasteiger partial charge in [-0.1, -0.05) is 36.6 Å². The summed E-state index contributed by atoms with van der Waals surface area (Å²) >= 11 is 6.14. The maximum Gasteiger partial charge on any atom is 0.153 e. The normalized spacial score (nSPS) is 23.4. The highest BCUT2D eigenvalue weighted by atomic mass is 35.5. The van der Waals surface area contributed by atoms with Gasteiger partial charge in [0.25, 0.3) is 0 Å². The van der Waals surface area contributed by atoms with E-state index in [2.05, 4.69) is 23.1 Å². The molecular formula is C31H33ClN4O3S. The molecule has 0 bridgehead atoms. The van der Waals surface area contributed by atoms with Crippen LogP contribution in [0.25, 0.3) is 16.8 Å². The monoisotopic (exact) mass is 576 g/mol. The Bertz CT molecular complexity index is 1540. The molecule has 3 aromatic rings. The van der Waals surface area contributed by atoms with Crippen LogP contribution in [0.5, 0.6) is 0 Å². The van der Waals surface area contributed by atoms with Crippen LogP contribution in [0.1, 0.15) is 56.6 Å². The minimum Gasteiger partial charge on any atom is -0.369 e. The molecular weight excluding hydrogens is 544 g/mol. The van der Waals surface area contributed by atoms with E-state index in [4.69, 9.17) is 16.7 Å². The predicted molar refractivity (Wildman–Crippen MR) is 156 cm³/mol. The number of carbonyl (C=O) groups is 1. The minimum absolute atomic E-state index is 0.00808. The molecule has 2 aromatic carbocycles. The number of nitriles is 1. The number of anilines is 1. The molecule has 1 saturated heterocycles. The molecule has 3 fully saturated rings. The smallest absolute Gasteiger partial charge is 0.153 e. The van der Waals surface area contributed by atoms with E-state index in [9.17, 15) is 18.5 Å². The number of nitrogens with zero attached hydrogens (tertiary/aromatic N) is 4. The first-order valence-electron chi connectivity index (χ1n) is 14.1. The molecule has 0 N–H and O–H groups in total. The topological polar surface area (TPSA) is 96.1 Å². The van der Waals surface area contributed by atoms with Crippen molar-refractivity contribution in [1.29, 1.82) is 5.26 Å². The van der Waals surface area contributed by atoms with E-state index >= 15 is 0 Å². The molecule has 9 heteroatoms. The summed E-state index contributed by atoms with van der Waals surface area (Å²) < 4.78 is 25.6. The summed E-state index contributed by atoms with van der Waals surface area (Å²) in [4.78, 5) is 15.7. The van der Waals surface area contributed by atoms with Gasteiger partial charge in [0.15, 0.2) is 9.84 Å². The summed E-state index contributed by atoms with van der Waals surface area (Å²) in [5.74, 6) is 0.410. The van der Waals surface area contributed by atoms with Gasteiger partial charge in [-0.3, -0.25) is 4.79 Å². The molecule has 2 saturated carbocycles. The minimum atomic E-state index is -2.95. The van der Waals surface area contributed by atoms with Gasteiger partial charge in [0.1, 0.15) is 5.78 Å². The van der Waals surface area contributed by atoms with Crippen LogP contribution < -0.4 is 4.90 Å². The summed E-state index contributed by atoms with van der Waals surface area (Å²) in [5.41, 5.74) is 4.37. The van der Waals surface area contributed by atoms with Gasteiger partial charge in [-0.25, -0.2) is 13.1 Å². The lowest BCUT2D eigenvalue weighted by atomic mass is 9.72. The van der Waals surface area contributed by atoms with E-state index in [1.165, 1.54) is 0 Å². The van der Waals surface area contributed by atoms with Gasteiger partial charge in [-0.2, -0.15) is 10.4 Å². The summed E-state index contributed by atoms with van der Waals surface area (Å²) in [6, 6.07) is 18.2. The third-order valence-electron chi connectivity index (χ3n) is 8.86. The van der Waals surface area contributed by atoms with Crippen molar-refractivity contribution in [2.24, 2.45) is 11.3 Å². The number of aromatic nitrogens is 2.